The van der Waals surface area contributed by atoms with E-state index in [9.17, 15) is 8.42 Å². The first-order valence-electron chi connectivity index (χ1n) is 6.09. The standard InChI is InChI=1S/C13H22N2O3S/c1-10-8-11(2)13(18-5)12(9-10)6-7-14-19(16,17)15(3)4/h8-9,14H,6-7H2,1-5H3. The highest BCUT2D eigenvalue weighted by Crippen LogP contribution is 2.25. The lowest BCUT2D eigenvalue weighted by Crippen LogP contribution is -2.36. The van der Waals surface area contributed by atoms with Crippen LogP contribution in [-0.4, -0.2) is 40.5 Å². The second-order valence-electron chi connectivity index (χ2n) is 4.71. The minimum atomic E-state index is -3.37. The van der Waals surface area contributed by atoms with Crippen LogP contribution < -0.4 is 9.46 Å². The summed E-state index contributed by atoms with van der Waals surface area (Å²) in [6.07, 6.45) is 0.596. The Morgan fingerprint density at radius 1 is 1.26 bits per heavy atom. The van der Waals surface area contributed by atoms with E-state index in [1.165, 1.54) is 14.1 Å². The molecule has 0 saturated carbocycles. The topological polar surface area (TPSA) is 58.6 Å². The van der Waals surface area contributed by atoms with Crippen LogP contribution in [0.2, 0.25) is 0 Å². The lowest BCUT2D eigenvalue weighted by atomic mass is 10.0. The normalized spacial score (nSPS) is 11.9. The molecule has 1 N–H and O–H groups in total. The number of benzene rings is 1. The summed E-state index contributed by atoms with van der Waals surface area (Å²) in [5, 5.41) is 0. The summed E-state index contributed by atoms with van der Waals surface area (Å²) in [4.78, 5) is 0. The van der Waals surface area contributed by atoms with Gasteiger partial charge in [0.1, 0.15) is 5.75 Å². The number of rotatable bonds is 6. The first-order chi connectivity index (χ1) is 8.77. The summed E-state index contributed by atoms with van der Waals surface area (Å²) in [6, 6.07) is 4.07. The Hall–Kier alpha value is -1.11. The van der Waals surface area contributed by atoms with Gasteiger partial charge < -0.3 is 4.74 Å². The van der Waals surface area contributed by atoms with E-state index in [0.717, 1.165) is 26.7 Å². The van der Waals surface area contributed by atoms with Crippen molar-refractivity contribution in [3.63, 3.8) is 0 Å². The van der Waals surface area contributed by atoms with Crippen molar-refractivity contribution in [2.24, 2.45) is 0 Å². The molecule has 0 radical (unpaired) electrons. The summed E-state index contributed by atoms with van der Waals surface area (Å²) in [5.41, 5.74) is 3.22. The summed E-state index contributed by atoms with van der Waals surface area (Å²) in [6.45, 7) is 4.35. The van der Waals surface area contributed by atoms with Crippen LogP contribution in [0.3, 0.4) is 0 Å². The average Bonchev–Trinajstić information content (AvgIpc) is 2.27. The Morgan fingerprint density at radius 3 is 2.42 bits per heavy atom. The van der Waals surface area contributed by atoms with Crippen molar-refractivity contribution >= 4 is 10.2 Å². The van der Waals surface area contributed by atoms with Crippen molar-refractivity contribution < 1.29 is 13.2 Å². The molecular formula is C13H22N2O3S. The summed E-state index contributed by atoms with van der Waals surface area (Å²) in [7, 11) is 1.26. The van der Waals surface area contributed by atoms with E-state index in [2.05, 4.69) is 4.72 Å². The minimum absolute atomic E-state index is 0.347. The van der Waals surface area contributed by atoms with Gasteiger partial charge in [-0.15, -0.1) is 0 Å². The molecule has 0 heterocycles. The van der Waals surface area contributed by atoms with Gasteiger partial charge in [0.05, 0.1) is 7.11 Å². The van der Waals surface area contributed by atoms with Crippen molar-refractivity contribution in [1.82, 2.24) is 9.03 Å². The molecule has 1 aromatic carbocycles. The molecule has 1 rings (SSSR count). The van der Waals surface area contributed by atoms with Crippen LogP contribution in [0.5, 0.6) is 5.75 Å². The number of nitrogens with zero attached hydrogens (tertiary/aromatic N) is 1. The van der Waals surface area contributed by atoms with Crippen LogP contribution >= 0.6 is 0 Å². The van der Waals surface area contributed by atoms with Crippen molar-refractivity contribution in [3.05, 3.63) is 28.8 Å². The lowest BCUT2D eigenvalue weighted by Gasteiger charge is -2.15. The summed E-state index contributed by atoms with van der Waals surface area (Å²) >= 11 is 0. The van der Waals surface area contributed by atoms with E-state index >= 15 is 0 Å². The van der Waals surface area contributed by atoms with E-state index in [1.54, 1.807) is 7.11 Å². The van der Waals surface area contributed by atoms with E-state index < -0.39 is 10.2 Å². The van der Waals surface area contributed by atoms with E-state index in [1.807, 2.05) is 26.0 Å². The maximum atomic E-state index is 11.6. The zero-order valence-electron chi connectivity index (χ0n) is 12.1. The molecule has 19 heavy (non-hydrogen) atoms. The third kappa shape index (κ3) is 4.19. The fourth-order valence-corrected chi connectivity index (χ4v) is 2.58. The van der Waals surface area contributed by atoms with Crippen LogP contribution in [0, 0.1) is 13.8 Å². The highest BCUT2D eigenvalue weighted by atomic mass is 32.2. The molecule has 0 saturated heterocycles. The van der Waals surface area contributed by atoms with Crippen molar-refractivity contribution in [2.45, 2.75) is 20.3 Å². The number of hydrogen-bond acceptors (Lipinski definition) is 3. The van der Waals surface area contributed by atoms with Gasteiger partial charge >= 0.3 is 0 Å². The second kappa shape index (κ2) is 6.36. The van der Waals surface area contributed by atoms with Gasteiger partial charge in [-0.25, -0.2) is 4.72 Å². The van der Waals surface area contributed by atoms with Gasteiger partial charge in [0.25, 0.3) is 10.2 Å². The Kier molecular flexibility index (Phi) is 5.34. The molecule has 0 aromatic heterocycles. The molecule has 1 aromatic rings. The highest BCUT2D eigenvalue weighted by molar-refractivity contribution is 7.87. The van der Waals surface area contributed by atoms with Gasteiger partial charge in [-0.3, -0.25) is 0 Å². The smallest absolute Gasteiger partial charge is 0.278 e. The first kappa shape index (κ1) is 15.9. The average molecular weight is 286 g/mol. The molecule has 0 aliphatic heterocycles. The van der Waals surface area contributed by atoms with Gasteiger partial charge in [-0.05, 0) is 31.4 Å². The Bertz CT molecular complexity index is 539. The molecule has 0 spiro atoms. The Morgan fingerprint density at radius 2 is 1.89 bits per heavy atom. The minimum Gasteiger partial charge on any atom is -0.496 e. The molecule has 0 atom stereocenters. The van der Waals surface area contributed by atoms with Crippen molar-refractivity contribution in [1.29, 1.82) is 0 Å². The highest BCUT2D eigenvalue weighted by Gasteiger charge is 2.13. The van der Waals surface area contributed by atoms with Gasteiger partial charge in [-0.1, -0.05) is 17.7 Å². The van der Waals surface area contributed by atoms with Crippen LogP contribution in [0.4, 0.5) is 0 Å². The Balaban J connectivity index is 2.79. The molecule has 6 heteroatoms. The molecule has 5 nitrogen and oxygen atoms in total. The molecular weight excluding hydrogens is 264 g/mol. The number of ether oxygens (including phenoxy) is 1. The number of nitrogens with one attached hydrogen (secondary N) is 1. The molecule has 0 unspecified atom stereocenters. The lowest BCUT2D eigenvalue weighted by molar-refractivity contribution is 0.406. The number of hydrogen-bond donors (Lipinski definition) is 1. The zero-order chi connectivity index (χ0) is 14.6. The summed E-state index contributed by atoms with van der Waals surface area (Å²) < 4.78 is 32.3. The van der Waals surface area contributed by atoms with E-state index in [-0.39, 0.29) is 0 Å². The fraction of sp³-hybridized carbons (Fsp3) is 0.538. The SMILES string of the molecule is COc1c(C)cc(C)cc1CCNS(=O)(=O)N(C)C. The molecule has 0 aliphatic rings. The molecule has 0 fully saturated rings. The third-order valence-electron chi connectivity index (χ3n) is 2.86. The van der Waals surface area contributed by atoms with Gasteiger partial charge in [0.2, 0.25) is 0 Å². The van der Waals surface area contributed by atoms with Gasteiger partial charge in [0.15, 0.2) is 0 Å². The second-order valence-corrected chi connectivity index (χ2v) is 6.68. The quantitative estimate of drug-likeness (QED) is 0.856. The van der Waals surface area contributed by atoms with Crippen LogP contribution in [0.25, 0.3) is 0 Å². The zero-order valence-corrected chi connectivity index (χ0v) is 13.0. The van der Waals surface area contributed by atoms with Crippen LogP contribution in [-0.2, 0) is 16.6 Å². The van der Waals surface area contributed by atoms with Gasteiger partial charge in [0, 0.05) is 20.6 Å². The van der Waals surface area contributed by atoms with E-state index in [0.29, 0.717) is 13.0 Å². The number of methoxy groups -OCH3 is 1. The van der Waals surface area contributed by atoms with E-state index in [4.69, 9.17) is 4.74 Å². The largest absolute Gasteiger partial charge is 0.496 e. The summed E-state index contributed by atoms with van der Waals surface area (Å²) in [5.74, 6) is 0.828. The third-order valence-corrected chi connectivity index (χ3v) is 4.39. The van der Waals surface area contributed by atoms with Crippen LogP contribution in [0.15, 0.2) is 12.1 Å². The predicted molar refractivity (Wildman–Crippen MR) is 76.8 cm³/mol. The fourth-order valence-electron chi connectivity index (χ4n) is 1.96. The molecule has 108 valence electrons. The maximum Gasteiger partial charge on any atom is 0.278 e. The monoisotopic (exact) mass is 286 g/mol. The van der Waals surface area contributed by atoms with Crippen molar-refractivity contribution in [3.8, 4) is 5.75 Å². The number of aryl methyl sites for hydroxylation is 2. The predicted octanol–water partition coefficient (Wildman–Crippen LogP) is 1.25. The van der Waals surface area contributed by atoms with Gasteiger partial charge in [-0.2, -0.15) is 12.7 Å². The first-order valence-corrected chi connectivity index (χ1v) is 7.53. The van der Waals surface area contributed by atoms with Crippen LogP contribution in [0.1, 0.15) is 16.7 Å². The molecule has 0 amide bonds. The maximum absolute atomic E-state index is 11.6. The Labute approximate surface area is 115 Å². The molecule has 0 bridgehead atoms. The molecule has 0 aliphatic carbocycles. The van der Waals surface area contributed by atoms with Crippen molar-refractivity contribution in [2.75, 3.05) is 27.7 Å².